The Labute approximate surface area is 159 Å². The molecule has 0 aliphatic heterocycles. The lowest BCUT2D eigenvalue weighted by Crippen LogP contribution is -2.30. The Morgan fingerprint density at radius 1 is 1.04 bits per heavy atom. The summed E-state index contributed by atoms with van der Waals surface area (Å²) < 4.78 is 3.86. The van der Waals surface area contributed by atoms with E-state index in [1.54, 1.807) is 0 Å². The minimum absolute atomic E-state index is 0.586. The van der Waals surface area contributed by atoms with E-state index in [-0.39, 0.29) is 0 Å². The number of aromatic nitrogens is 4. The molecule has 0 fully saturated rings. The van der Waals surface area contributed by atoms with Crippen LogP contribution in [-0.2, 0) is 13.1 Å². The van der Waals surface area contributed by atoms with Crippen molar-refractivity contribution >= 4 is 23.1 Å². The maximum atomic E-state index is 5.34. The van der Waals surface area contributed by atoms with E-state index in [9.17, 15) is 0 Å². The topological polar surface area (TPSA) is 59.7 Å². The summed E-state index contributed by atoms with van der Waals surface area (Å²) in [4.78, 5) is 0. The van der Waals surface area contributed by atoms with Gasteiger partial charge in [0, 0.05) is 31.5 Å². The quantitative estimate of drug-likeness (QED) is 0.496. The molecule has 3 rings (SSSR count). The average Bonchev–Trinajstić information content (AvgIpc) is 3.23. The molecule has 0 saturated heterocycles. The van der Waals surface area contributed by atoms with E-state index in [0.717, 1.165) is 37.6 Å². The highest BCUT2D eigenvalue weighted by Crippen LogP contribution is 2.10. The maximum absolute atomic E-state index is 5.34. The minimum Gasteiger partial charge on any atom is -0.362 e. The fourth-order valence-electron chi connectivity index (χ4n) is 2.67. The molecule has 2 N–H and O–H groups in total. The SMILES string of the molecule is Cc1ccn(CCCNC(=S)Nc2ccn(Cc3ccccc3C)n2)n1. The Bertz CT molecular complexity index is 866. The highest BCUT2D eigenvalue weighted by Gasteiger charge is 2.04. The Morgan fingerprint density at radius 3 is 2.62 bits per heavy atom. The number of rotatable bonds is 7. The maximum Gasteiger partial charge on any atom is 0.171 e. The molecular formula is C19H24N6S. The molecule has 0 aliphatic rings. The van der Waals surface area contributed by atoms with Gasteiger partial charge in [-0.3, -0.25) is 9.36 Å². The lowest BCUT2D eigenvalue weighted by Gasteiger charge is -2.09. The van der Waals surface area contributed by atoms with E-state index >= 15 is 0 Å². The van der Waals surface area contributed by atoms with E-state index in [1.807, 2.05) is 46.9 Å². The number of aryl methyl sites for hydroxylation is 3. The third-order valence-corrected chi connectivity index (χ3v) is 4.35. The van der Waals surface area contributed by atoms with E-state index in [2.05, 4.69) is 46.0 Å². The Hall–Kier alpha value is -2.67. The van der Waals surface area contributed by atoms with E-state index in [1.165, 1.54) is 11.1 Å². The molecule has 0 spiro atoms. The zero-order valence-electron chi connectivity index (χ0n) is 15.1. The van der Waals surface area contributed by atoms with Crippen molar-refractivity contribution in [3.63, 3.8) is 0 Å². The van der Waals surface area contributed by atoms with Crippen LogP contribution in [0.5, 0.6) is 0 Å². The molecule has 0 aliphatic carbocycles. The fourth-order valence-corrected chi connectivity index (χ4v) is 2.88. The summed E-state index contributed by atoms with van der Waals surface area (Å²) in [6.07, 6.45) is 4.90. The summed E-state index contributed by atoms with van der Waals surface area (Å²) in [5.41, 5.74) is 3.57. The number of hydrogen-bond acceptors (Lipinski definition) is 3. The van der Waals surface area contributed by atoms with Crippen LogP contribution in [0.1, 0.15) is 23.2 Å². The summed E-state index contributed by atoms with van der Waals surface area (Å²) in [6.45, 7) is 6.51. The summed E-state index contributed by atoms with van der Waals surface area (Å²) in [7, 11) is 0. The number of benzene rings is 1. The van der Waals surface area contributed by atoms with Crippen molar-refractivity contribution in [3.05, 3.63) is 65.6 Å². The monoisotopic (exact) mass is 368 g/mol. The van der Waals surface area contributed by atoms with Crippen LogP contribution >= 0.6 is 12.2 Å². The number of thiocarbonyl (C=S) groups is 1. The first-order valence-electron chi connectivity index (χ1n) is 8.73. The summed E-state index contributed by atoms with van der Waals surface area (Å²) in [5.74, 6) is 0.749. The highest BCUT2D eigenvalue weighted by atomic mass is 32.1. The zero-order chi connectivity index (χ0) is 18.4. The van der Waals surface area contributed by atoms with Gasteiger partial charge in [-0.15, -0.1) is 0 Å². The molecule has 0 amide bonds. The molecule has 2 heterocycles. The number of anilines is 1. The molecule has 0 bridgehead atoms. The molecule has 0 saturated carbocycles. The van der Waals surface area contributed by atoms with Crippen molar-refractivity contribution < 1.29 is 0 Å². The van der Waals surface area contributed by atoms with Crippen LogP contribution < -0.4 is 10.6 Å². The lowest BCUT2D eigenvalue weighted by molar-refractivity contribution is 0.570. The van der Waals surface area contributed by atoms with Crippen LogP contribution in [0.15, 0.2) is 48.8 Å². The van der Waals surface area contributed by atoms with Gasteiger partial charge in [0.1, 0.15) is 0 Å². The van der Waals surface area contributed by atoms with Gasteiger partial charge in [-0.05, 0) is 49.7 Å². The van der Waals surface area contributed by atoms with Gasteiger partial charge in [-0.1, -0.05) is 24.3 Å². The van der Waals surface area contributed by atoms with Crippen LogP contribution in [-0.4, -0.2) is 31.2 Å². The van der Waals surface area contributed by atoms with Crippen molar-refractivity contribution in [2.75, 3.05) is 11.9 Å². The standard InChI is InChI=1S/C19H24N6S/c1-15-6-3-4-7-17(15)14-25-13-9-18(23-25)21-19(26)20-10-5-11-24-12-8-16(2)22-24/h3-4,6-9,12-13H,5,10-11,14H2,1-2H3,(H2,20,21,23,26). The van der Waals surface area contributed by atoms with Crippen LogP contribution in [0.25, 0.3) is 0 Å². The van der Waals surface area contributed by atoms with Crippen molar-refractivity contribution in [3.8, 4) is 0 Å². The van der Waals surface area contributed by atoms with E-state index in [0.29, 0.717) is 5.11 Å². The highest BCUT2D eigenvalue weighted by molar-refractivity contribution is 7.80. The van der Waals surface area contributed by atoms with Crippen LogP contribution in [0.2, 0.25) is 0 Å². The third kappa shape index (κ3) is 5.16. The molecule has 6 nitrogen and oxygen atoms in total. The molecular weight excluding hydrogens is 344 g/mol. The molecule has 0 radical (unpaired) electrons. The van der Waals surface area contributed by atoms with Crippen molar-refractivity contribution in [1.82, 2.24) is 24.9 Å². The second-order valence-corrected chi connectivity index (χ2v) is 6.69. The van der Waals surface area contributed by atoms with Crippen molar-refractivity contribution in [1.29, 1.82) is 0 Å². The first kappa shape index (κ1) is 18.1. The molecule has 0 unspecified atom stereocenters. The van der Waals surface area contributed by atoms with Gasteiger partial charge in [0.05, 0.1) is 12.2 Å². The number of nitrogens with zero attached hydrogens (tertiary/aromatic N) is 4. The van der Waals surface area contributed by atoms with Gasteiger partial charge in [0.25, 0.3) is 0 Å². The molecule has 7 heteroatoms. The first-order valence-corrected chi connectivity index (χ1v) is 9.14. The van der Waals surface area contributed by atoms with Crippen molar-refractivity contribution in [2.24, 2.45) is 0 Å². The van der Waals surface area contributed by atoms with E-state index in [4.69, 9.17) is 12.2 Å². The largest absolute Gasteiger partial charge is 0.362 e. The smallest absolute Gasteiger partial charge is 0.171 e. The number of nitrogens with one attached hydrogen (secondary N) is 2. The Kier molecular flexibility index (Phi) is 6.01. The van der Waals surface area contributed by atoms with Gasteiger partial charge >= 0.3 is 0 Å². The third-order valence-electron chi connectivity index (χ3n) is 4.10. The summed E-state index contributed by atoms with van der Waals surface area (Å²) in [6, 6.07) is 12.3. The Morgan fingerprint density at radius 2 is 1.85 bits per heavy atom. The fraction of sp³-hybridized carbons (Fsp3) is 0.316. The second kappa shape index (κ2) is 8.62. The molecule has 0 atom stereocenters. The zero-order valence-corrected chi connectivity index (χ0v) is 16.0. The Balaban J connectivity index is 1.42. The predicted octanol–water partition coefficient (Wildman–Crippen LogP) is 3.12. The predicted molar refractivity (Wildman–Crippen MR) is 108 cm³/mol. The molecule has 1 aromatic carbocycles. The van der Waals surface area contributed by atoms with Gasteiger partial charge in [0.15, 0.2) is 10.9 Å². The van der Waals surface area contributed by atoms with Gasteiger partial charge < -0.3 is 10.6 Å². The first-order chi connectivity index (χ1) is 12.6. The van der Waals surface area contributed by atoms with Gasteiger partial charge in [-0.2, -0.15) is 10.2 Å². The van der Waals surface area contributed by atoms with Crippen molar-refractivity contribution in [2.45, 2.75) is 33.4 Å². The second-order valence-electron chi connectivity index (χ2n) is 6.28. The molecule has 26 heavy (non-hydrogen) atoms. The molecule has 3 aromatic rings. The number of hydrogen-bond donors (Lipinski definition) is 2. The van der Waals surface area contributed by atoms with Gasteiger partial charge in [-0.25, -0.2) is 0 Å². The van der Waals surface area contributed by atoms with E-state index < -0.39 is 0 Å². The van der Waals surface area contributed by atoms with Crippen LogP contribution in [0, 0.1) is 13.8 Å². The average molecular weight is 369 g/mol. The van der Waals surface area contributed by atoms with Gasteiger partial charge in [0.2, 0.25) is 0 Å². The molecule has 136 valence electrons. The summed E-state index contributed by atoms with van der Waals surface area (Å²) >= 11 is 5.34. The minimum atomic E-state index is 0.586. The van der Waals surface area contributed by atoms with Crippen LogP contribution in [0.4, 0.5) is 5.82 Å². The normalized spacial score (nSPS) is 10.7. The lowest BCUT2D eigenvalue weighted by atomic mass is 10.1. The summed E-state index contributed by atoms with van der Waals surface area (Å²) in [5, 5.41) is 15.8. The van der Waals surface area contributed by atoms with Crippen LogP contribution in [0.3, 0.4) is 0 Å². The molecule has 2 aromatic heterocycles.